The van der Waals surface area contributed by atoms with Gasteiger partial charge in [-0.25, -0.2) is 4.79 Å². The van der Waals surface area contributed by atoms with Crippen LogP contribution in [0, 0.1) is 11.3 Å². The van der Waals surface area contributed by atoms with Crippen LogP contribution in [0.1, 0.15) is 59.8 Å². The van der Waals surface area contributed by atoms with Crippen LogP contribution in [-0.2, 0) is 4.79 Å². The van der Waals surface area contributed by atoms with Gasteiger partial charge in [0.2, 0.25) is 0 Å². The Bertz CT molecular complexity index is 298. The third-order valence-electron chi connectivity index (χ3n) is 3.34. The van der Waals surface area contributed by atoms with Crippen molar-refractivity contribution in [3.63, 3.8) is 0 Å². The van der Waals surface area contributed by atoms with Gasteiger partial charge in [0.1, 0.15) is 0 Å². The molecule has 0 aliphatic rings. The second-order valence-electron chi connectivity index (χ2n) is 6.49. The molecule has 0 radical (unpaired) electrons. The first kappa shape index (κ1) is 18.7. The summed E-state index contributed by atoms with van der Waals surface area (Å²) in [5, 5.41) is 14.3. The third kappa shape index (κ3) is 11.8. The maximum Gasteiger partial charge on any atom is 0.314 e. The Morgan fingerprint density at radius 2 is 1.70 bits per heavy atom. The number of amides is 2. The van der Waals surface area contributed by atoms with E-state index in [1.807, 2.05) is 0 Å². The molecule has 0 aliphatic heterocycles. The van der Waals surface area contributed by atoms with Crippen LogP contribution in [0.25, 0.3) is 0 Å². The van der Waals surface area contributed by atoms with E-state index in [1.165, 1.54) is 0 Å². The van der Waals surface area contributed by atoms with Crippen LogP contribution in [0.15, 0.2) is 0 Å². The first-order valence-corrected chi connectivity index (χ1v) is 7.48. The van der Waals surface area contributed by atoms with E-state index >= 15 is 0 Å². The van der Waals surface area contributed by atoms with Crippen molar-refractivity contribution in [3.05, 3.63) is 0 Å². The van der Waals surface area contributed by atoms with E-state index in [0.717, 1.165) is 19.3 Å². The van der Waals surface area contributed by atoms with Gasteiger partial charge in [0, 0.05) is 19.5 Å². The lowest BCUT2D eigenvalue weighted by molar-refractivity contribution is -0.137. The largest absolute Gasteiger partial charge is 0.481 e. The lowest BCUT2D eigenvalue weighted by Gasteiger charge is -2.18. The van der Waals surface area contributed by atoms with E-state index in [9.17, 15) is 9.59 Å². The van der Waals surface area contributed by atoms with Crippen molar-refractivity contribution in [1.29, 1.82) is 0 Å². The molecule has 3 N–H and O–H groups in total. The molecule has 0 fully saturated rings. The molecule has 5 nitrogen and oxygen atoms in total. The predicted molar refractivity (Wildman–Crippen MR) is 80.7 cm³/mol. The fourth-order valence-corrected chi connectivity index (χ4v) is 1.88. The number of aliphatic carboxylic acids is 1. The Balaban J connectivity index is 3.70. The molecule has 0 aromatic rings. The number of rotatable bonds is 9. The van der Waals surface area contributed by atoms with Crippen molar-refractivity contribution in [3.8, 4) is 0 Å². The highest BCUT2D eigenvalue weighted by atomic mass is 16.4. The second kappa shape index (κ2) is 9.61. The van der Waals surface area contributed by atoms with Gasteiger partial charge in [-0.3, -0.25) is 4.79 Å². The van der Waals surface area contributed by atoms with Crippen molar-refractivity contribution in [2.75, 3.05) is 13.1 Å². The van der Waals surface area contributed by atoms with E-state index in [1.54, 1.807) is 0 Å². The first-order chi connectivity index (χ1) is 9.24. The van der Waals surface area contributed by atoms with Crippen LogP contribution in [0.2, 0.25) is 0 Å². The molecule has 0 rings (SSSR count). The molecule has 5 heteroatoms. The number of hydrogen-bond acceptors (Lipinski definition) is 2. The SMILES string of the molecule is CCC(CCNC(=O)NCCC(C)(C)C)CCC(=O)O. The first-order valence-electron chi connectivity index (χ1n) is 7.48. The van der Waals surface area contributed by atoms with Crippen LogP contribution < -0.4 is 10.6 Å². The van der Waals surface area contributed by atoms with Crippen LogP contribution >= 0.6 is 0 Å². The molecular formula is C15H30N2O3. The zero-order valence-electron chi connectivity index (χ0n) is 13.3. The summed E-state index contributed by atoms with van der Waals surface area (Å²) in [6.07, 6.45) is 3.60. The average molecular weight is 286 g/mol. The molecule has 0 aromatic carbocycles. The number of nitrogens with one attached hydrogen (secondary N) is 2. The molecule has 0 saturated heterocycles. The molecule has 20 heavy (non-hydrogen) atoms. The highest BCUT2D eigenvalue weighted by molar-refractivity contribution is 5.73. The van der Waals surface area contributed by atoms with Crippen LogP contribution in [-0.4, -0.2) is 30.2 Å². The Kier molecular flexibility index (Phi) is 9.01. The van der Waals surface area contributed by atoms with Gasteiger partial charge in [-0.05, 0) is 30.6 Å². The maximum atomic E-state index is 11.5. The standard InChI is InChI=1S/C15H30N2O3/c1-5-12(6-7-13(18)19)8-10-16-14(20)17-11-9-15(2,3)4/h12H,5-11H2,1-4H3,(H,18,19)(H2,16,17,20). The zero-order chi connectivity index (χ0) is 15.6. The summed E-state index contributed by atoms with van der Waals surface area (Å²) in [4.78, 5) is 22.1. The number of carboxylic acids is 1. The maximum absolute atomic E-state index is 11.5. The van der Waals surface area contributed by atoms with E-state index in [-0.39, 0.29) is 17.9 Å². The lowest BCUT2D eigenvalue weighted by Crippen LogP contribution is -2.37. The normalized spacial score (nSPS) is 12.8. The van der Waals surface area contributed by atoms with E-state index in [0.29, 0.717) is 25.4 Å². The summed E-state index contributed by atoms with van der Waals surface area (Å²) in [5.74, 6) is -0.391. The van der Waals surface area contributed by atoms with Gasteiger partial charge in [0.25, 0.3) is 0 Å². The number of carboxylic acid groups (broad SMARTS) is 1. The molecule has 0 saturated carbocycles. The van der Waals surface area contributed by atoms with Gasteiger partial charge in [0.05, 0.1) is 0 Å². The van der Waals surface area contributed by atoms with Crippen molar-refractivity contribution in [2.45, 2.75) is 59.8 Å². The van der Waals surface area contributed by atoms with Crippen LogP contribution in [0.4, 0.5) is 4.79 Å². The van der Waals surface area contributed by atoms with Gasteiger partial charge in [-0.2, -0.15) is 0 Å². The van der Waals surface area contributed by atoms with Crippen LogP contribution in [0.5, 0.6) is 0 Å². The fourth-order valence-electron chi connectivity index (χ4n) is 1.88. The number of hydrogen-bond donors (Lipinski definition) is 3. The summed E-state index contributed by atoms with van der Waals surface area (Å²) in [6, 6.07) is -0.137. The Morgan fingerprint density at radius 3 is 2.20 bits per heavy atom. The molecule has 0 aliphatic carbocycles. The van der Waals surface area contributed by atoms with Gasteiger partial charge >= 0.3 is 12.0 Å². The molecule has 0 spiro atoms. The van der Waals surface area contributed by atoms with E-state index in [2.05, 4.69) is 38.3 Å². The van der Waals surface area contributed by atoms with Crippen molar-refractivity contribution < 1.29 is 14.7 Å². The number of carbonyl (C=O) groups is 2. The average Bonchev–Trinajstić information content (AvgIpc) is 2.31. The summed E-state index contributed by atoms with van der Waals surface area (Å²) in [5.41, 5.74) is 0.220. The minimum Gasteiger partial charge on any atom is -0.481 e. The van der Waals surface area contributed by atoms with Gasteiger partial charge < -0.3 is 15.7 Å². The molecule has 2 amide bonds. The molecule has 0 aromatic heterocycles. The summed E-state index contributed by atoms with van der Waals surface area (Å²) < 4.78 is 0. The van der Waals surface area contributed by atoms with Crippen molar-refractivity contribution >= 4 is 12.0 Å². The zero-order valence-corrected chi connectivity index (χ0v) is 13.3. The van der Waals surface area contributed by atoms with E-state index in [4.69, 9.17) is 5.11 Å². The van der Waals surface area contributed by atoms with E-state index < -0.39 is 5.97 Å². The monoisotopic (exact) mass is 286 g/mol. The van der Waals surface area contributed by atoms with Crippen LogP contribution in [0.3, 0.4) is 0 Å². The minimum absolute atomic E-state index is 0.137. The Hall–Kier alpha value is -1.26. The predicted octanol–water partition coefficient (Wildman–Crippen LogP) is 3.00. The topological polar surface area (TPSA) is 78.4 Å². The quantitative estimate of drug-likeness (QED) is 0.609. The van der Waals surface area contributed by atoms with Gasteiger partial charge in [-0.15, -0.1) is 0 Å². The highest BCUT2D eigenvalue weighted by Gasteiger charge is 2.11. The lowest BCUT2D eigenvalue weighted by atomic mass is 9.92. The summed E-state index contributed by atoms with van der Waals surface area (Å²) in [7, 11) is 0. The Morgan fingerprint density at radius 1 is 1.10 bits per heavy atom. The fraction of sp³-hybridized carbons (Fsp3) is 0.867. The van der Waals surface area contributed by atoms with Gasteiger partial charge in [-0.1, -0.05) is 34.1 Å². The van der Waals surface area contributed by atoms with Crippen molar-refractivity contribution in [2.24, 2.45) is 11.3 Å². The molecule has 1 unspecified atom stereocenters. The molecule has 0 bridgehead atoms. The molecule has 1 atom stereocenters. The molecule has 0 heterocycles. The smallest absolute Gasteiger partial charge is 0.314 e. The number of carbonyl (C=O) groups excluding carboxylic acids is 1. The second-order valence-corrected chi connectivity index (χ2v) is 6.49. The summed E-state index contributed by atoms with van der Waals surface area (Å²) in [6.45, 7) is 9.74. The summed E-state index contributed by atoms with van der Waals surface area (Å²) >= 11 is 0. The van der Waals surface area contributed by atoms with Crippen molar-refractivity contribution in [1.82, 2.24) is 10.6 Å². The van der Waals surface area contributed by atoms with Gasteiger partial charge in [0.15, 0.2) is 0 Å². The number of urea groups is 1. The molecule has 118 valence electrons. The third-order valence-corrected chi connectivity index (χ3v) is 3.34. The highest BCUT2D eigenvalue weighted by Crippen LogP contribution is 2.17. The Labute approximate surface area is 122 Å². The minimum atomic E-state index is -0.753. The molecular weight excluding hydrogens is 256 g/mol.